The van der Waals surface area contributed by atoms with Gasteiger partial charge in [0.15, 0.2) is 0 Å². The van der Waals surface area contributed by atoms with Crippen molar-refractivity contribution in [1.82, 2.24) is 4.67 Å². The van der Waals surface area contributed by atoms with Gasteiger partial charge in [0.05, 0.1) is 0 Å². The third kappa shape index (κ3) is 2.36. The smallest absolute Gasteiger partial charge is 0.279 e. The minimum atomic E-state index is -2.23. The maximum Gasteiger partial charge on any atom is 0.279 e. The van der Waals surface area contributed by atoms with Crippen LogP contribution < -0.4 is 9.19 Å². The van der Waals surface area contributed by atoms with E-state index in [4.69, 9.17) is 16.3 Å². The Balaban J connectivity index is 1.73. The molecule has 2 heterocycles. The van der Waals surface area contributed by atoms with Crippen LogP contribution in [0.1, 0.15) is 12.8 Å². The number of hydrogen-bond acceptors (Lipinski definition) is 2. The van der Waals surface area contributed by atoms with Gasteiger partial charge in [0.2, 0.25) is 0 Å². The maximum absolute atomic E-state index is 6.42. The normalized spacial score (nSPS) is 27.8. The van der Waals surface area contributed by atoms with E-state index in [1.807, 2.05) is 36.4 Å². The van der Waals surface area contributed by atoms with Crippen molar-refractivity contribution < 1.29 is 4.52 Å². The fraction of sp³-hybridized carbons (Fsp3) is 0.294. The Bertz CT molecular complexity index is 694. The molecule has 2 aromatic rings. The van der Waals surface area contributed by atoms with Crippen molar-refractivity contribution >= 4 is 24.1 Å². The van der Waals surface area contributed by atoms with Crippen molar-refractivity contribution in [2.24, 2.45) is 0 Å². The van der Waals surface area contributed by atoms with Gasteiger partial charge in [-0.05, 0) is 48.9 Å². The van der Waals surface area contributed by atoms with Gasteiger partial charge in [-0.2, -0.15) is 0 Å². The van der Waals surface area contributed by atoms with Crippen LogP contribution in [0.5, 0.6) is 5.75 Å². The lowest BCUT2D eigenvalue weighted by Gasteiger charge is -2.33. The summed E-state index contributed by atoms with van der Waals surface area (Å²) in [6.45, 7) is -0.194. The lowest BCUT2D eigenvalue weighted by molar-refractivity contribution is 0.430. The molecule has 3 nitrogen and oxygen atoms in total. The van der Waals surface area contributed by atoms with E-state index in [1.165, 1.54) is 18.5 Å². The first-order chi connectivity index (χ1) is 10.8. The summed E-state index contributed by atoms with van der Waals surface area (Å²) in [6, 6.07) is 21.0. The van der Waals surface area contributed by atoms with Gasteiger partial charge in [0, 0.05) is 24.8 Å². The summed E-state index contributed by atoms with van der Waals surface area (Å²) in [4.78, 5) is 0. The molecule has 2 aliphatic rings. The molecule has 0 radical (unpaired) electrons. The lowest BCUT2D eigenvalue weighted by Crippen LogP contribution is -2.23. The van der Waals surface area contributed by atoms with E-state index >= 15 is 0 Å². The topological polar surface area (TPSA) is 15.7 Å². The molecule has 4 rings (SSSR count). The molecule has 0 saturated carbocycles. The molecule has 0 amide bonds. The second kappa shape index (κ2) is 5.69. The second-order valence-electron chi connectivity index (χ2n) is 5.77. The number of anilines is 1. The first-order valence-electron chi connectivity index (χ1n) is 7.72. The van der Waals surface area contributed by atoms with Crippen molar-refractivity contribution in [1.29, 1.82) is 0 Å². The average molecular weight is 330 g/mol. The van der Waals surface area contributed by atoms with Crippen LogP contribution in [0.15, 0.2) is 60.7 Å². The third-order valence-electron chi connectivity index (χ3n) is 4.38. The first-order valence-corrected chi connectivity index (χ1v) is 10.3. The summed E-state index contributed by atoms with van der Waals surface area (Å²) in [6.07, 6.45) is 2.45. The molecule has 2 saturated heterocycles. The van der Waals surface area contributed by atoms with Gasteiger partial charge in [-0.3, -0.25) is 0 Å². The fourth-order valence-corrected chi connectivity index (χ4v) is 7.43. The summed E-state index contributed by atoms with van der Waals surface area (Å²) in [7, 11) is 0. The van der Waals surface area contributed by atoms with Gasteiger partial charge in [-0.25, -0.2) is 4.67 Å². The Hall–Kier alpha value is -1.35. The Morgan fingerprint density at radius 1 is 1.00 bits per heavy atom. The van der Waals surface area contributed by atoms with Crippen molar-refractivity contribution in [2.75, 3.05) is 17.8 Å². The summed E-state index contributed by atoms with van der Waals surface area (Å²) >= 11 is 6.13. The standard InChI is InChI=1S/C17H19N2OPS/c22-21(20-17-11-5-2-6-12-17)18-13-7-10-16(18)14-19(21)15-8-3-1-4-9-15/h1-6,8-9,11-12,16H,7,10,13-14H2/t16-,21+/m0/s1. The van der Waals surface area contributed by atoms with Crippen molar-refractivity contribution in [3.8, 4) is 5.75 Å². The van der Waals surface area contributed by atoms with E-state index in [-0.39, 0.29) is 0 Å². The highest BCUT2D eigenvalue weighted by atomic mass is 32.5. The Morgan fingerprint density at radius 3 is 2.41 bits per heavy atom. The SMILES string of the molecule is S=[P@@]1(Oc2ccccc2)N(c2ccccc2)C[C@@H]2CCCN21. The zero-order valence-electron chi connectivity index (χ0n) is 12.3. The summed E-state index contributed by atoms with van der Waals surface area (Å²) < 4.78 is 11.2. The molecule has 5 heteroatoms. The van der Waals surface area contributed by atoms with Crippen LogP contribution in [0.25, 0.3) is 0 Å². The molecule has 2 aliphatic heterocycles. The Labute approximate surface area is 136 Å². The van der Waals surface area contributed by atoms with Crippen LogP contribution in [0.2, 0.25) is 0 Å². The number of rotatable bonds is 3. The fourth-order valence-electron chi connectivity index (χ4n) is 3.35. The predicted octanol–water partition coefficient (Wildman–Crippen LogP) is 4.27. The van der Waals surface area contributed by atoms with E-state index in [1.54, 1.807) is 0 Å². The van der Waals surface area contributed by atoms with Gasteiger partial charge in [0.1, 0.15) is 5.75 Å². The molecule has 0 aliphatic carbocycles. The zero-order valence-corrected chi connectivity index (χ0v) is 14.0. The lowest BCUT2D eigenvalue weighted by atomic mass is 10.2. The van der Waals surface area contributed by atoms with Gasteiger partial charge in [0.25, 0.3) is 6.57 Å². The first kappa shape index (κ1) is 14.3. The van der Waals surface area contributed by atoms with Crippen LogP contribution in [0.3, 0.4) is 0 Å². The number of benzene rings is 2. The number of para-hydroxylation sites is 2. The Morgan fingerprint density at radius 2 is 1.68 bits per heavy atom. The van der Waals surface area contributed by atoms with Crippen molar-refractivity contribution in [3.05, 3.63) is 60.7 Å². The van der Waals surface area contributed by atoms with Crippen LogP contribution in [-0.4, -0.2) is 23.8 Å². The molecule has 0 aromatic heterocycles. The van der Waals surface area contributed by atoms with Crippen molar-refractivity contribution in [2.45, 2.75) is 18.9 Å². The van der Waals surface area contributed by atoms with E-state index in [0.29, 0.717) is 6.04 Å². The zero-order chi connectivity index (χ0) is 15.0. The molecule has 22 heavy (non-hydrogen) atoms. The van der Waals surface area contributed by atoms with Gasteiger partial charge in [-0.15, -0.1) is 0 Å². The van der Waals surface area contributed by atoms with E-state index < -0.39 is 6.57 Å². The second-order valence-corrected chi connectivity index (χ2v) is 9.36. The maximum atomic E-state index is 6.42. The highest BCUT2D eigenvalue weighted by molar-refractivity contribution is 8.12. The molecule has 2 fully saturated rings. The molecule has 0 N–H and O–H groups in total. The quantitative estimate of drug-likeness (QED) is 0.781. The molecule has 114 valence electrons. The van der Waals surface area contributed by atoms with Crippen LogP contribution in [0, 0.1) is 0 Å². The molecule has 0 bridgehead atoms. The summed E-state index contributed by atoms with van der Waals surface area (Å²) in [5, 5.41) is 0. The largest absolute Gasteiger partial charge is 0.437 e. The molecule has 2 atom stereocenters. The molecular formula is C17H19N2OPS. The van der Waals surface area contributed by atoms with Crippen LogP contribution in [0.4, 0.5) is 5.69 Å². The van der Waals surface area contributed by atoms with E-state index in [0.717, 1.165) is 18.8 Å². The number of fused-ring (bicyclic) bond motifs is 1. The molecule has 0 spiro atoms. The molecular weight excluding hydrogens is 311 g/mol. The van der Waals surface area contributed by atoms with Crippen molar-refractivity contribution in [3.63, 3.8) is 0 Å². The minimum absolute atomic E-state index is 0.537. The highest BCUT2D eigenvalue weighted by Crippen LogP contribution is 2.63. The molecule has 0 unspecified atom stereocenters. The average Bonchev–Trinajstić information content (AvgIpc) is 3.12. The van der Waals surface area contributed by atoms with Crippen LogP contribution in [-0.2, 0) is 11.8 Å². The summed E-state index contributed by atoms with van der Waals surface area (Å²) in [5.41, 5.74) is 1.18. The summed E-state index contributed by atoms with van der Waals surface area (Å²) in [5.74, 6) is 0.874. The van der Waals surface area contributed by atoms with Crippen LogP contribution >= 0.6 is 6.57 Å². The van der Waals surface area contributed by atoms with Gasteiger partial charge >= 0.3 is 0 Å². The minimum Gasteiger partial charge on any atom is -0.437 e. The van der Waals surface area contributed by atoms with E-state index in [9.17, 15) is 0 Å². The van der Waals surface area contributed by atoms with Gasteiger partial charge in [-0.1, -0.05) is 36.4 Å². The number of hydrogen-bond donors (Lipinski definition) is 0. The highest BCUT2D eigenvalue weighted by Gasteiger charge is 2.49. The van der Waals surface area contributed by atoms with Gasteiger partial charge < -0.3 is 9.19 Å². The Kier molecular flexibility index (Phi) is 3.69. The monoisotopic (exact) mass is 330 g/mol. The molecule has 2 aromatic carbocycles. The van der Waals surface area contributed by atoms with E-state index in [2.05, 4.69) is 33.6 Å². The third-order valence-corrected chi connectivity index (χ3v) is 8.45. The predicted molar refractivity (Wildman–Crippen MR) is 94.9 cm³/mol. The number of nitrogens with zero attached hydrogens (tertiary/aromatic N) is 2.